The number of aromatic nitrogens is 2. The highest BCUT2D eigenvalue weighted by Gasteiger charge is 2.23. The molecule has 62 heavy (non-hydrogen) atoms. The van der Waals surface area contributed by atoms with Gasteiger partial charge in [-0.25, -0.2) is 0 Å². The van der Waals surface area contributed by atoms with Crippen LogP contribution in [0.4, 0.5) is 0 Å². The average molecular weight is 791 g/mol. The highest BCUT2D eigenvalue weighted by atomic mass is 16.3. The van der Waals surface area contributed by atoms with Gasteiger partial charge in [-0.1, -0.05) is 91.0 Å². The maximum Gasteiger partial charge on any atom is 0.145 e. The van der Waals surface area contributed by atoms with Crippen LogP contribution in [0.3, 0.4) is 0 Å². The molecule has 0 amide bonds. The number of nitrogens with zero attached hydrogens (tertiary/aromatic N) is 4. The molecule has 0 radical (unpaired) electrons. The summed E-state index contributed by atoms with van der Waals surface area (Å²) in [7, 11) is 0. The van der Waals surface area contributed by atoms with E-state index >= 15 is 0 Å². The van der Waals surface area contributed by atoms with Crippen LogP contribution in [0.2, 0.25) is 0 Å². The van der Waals surface area contributed by atoms with Crippen molar-refractivity contribution < 1.29 is 8.83 Å². The highest BCUT2D eigenvalue weighted by molar-refractivity contribution is 6.25. The predicted octanol–water partition coefficient (Wildman–Crippen LogP) is 14.8. The minimum atomic E-state index is 0.558. The minimum Gasteiger partial charge on any atom is -0.455 e. The number of hydrogen-bond acceptors (Lipinski definition) is 4. The first kappa shape index (κ1) is 34.1. The number of benzene rings is 9. The van der Waals surface area contributed by atoms with Crippen LogP contribution in [0, 0.1) is 22.7 Å². The summed E-state index contributed by atoms with van der Waals surface area (Å²) < 4.78 is 18.0. The highest BCUT2D eigenvalue weighted by Crippen LogP contribution is 2.44. The molecule has 0 unspecified atom stereocenters. The summed E-state index contributed by atoms with van der Waals surface area (Å²) in [5, 5.41) is 28.8. The van der Waals surface area contributed by atoms with Crippen LogP contribution in [-0.2, 0) is 0 Å². The fourth-order valence-electron chi connectivity index (χ4n) is 9.83. The largest absolute Gasteiger partial charge is 0.455 e. The number of rotatable bonds is 4. The molecule has 0 aliphatic rings. The molecule has 0 atom stereocenters. The van der Waals surface area contributed by atoms with E-state index in [1.54, 1.807) is 0 Å². The molecule has 0 aliphatic heterocycles. The lowest BCUT2D eigenvalue weighted by atomic mass is 9.94. The first-order valence-electron chi connectivity index (χ1n) is 20.5. The van der Waals surface area contributed by atoms with Crippen molar-refractivity contribution in [2.45, 2.75) is 0 Å². The van der Waals surface area contributed by atoms with E-state index in [-0.39, 0.29) is 0 Å². The topological polar surface area (TPSA) is 83.7 Å². The maximum atomic E-state index is 10.7. The van der Waals surface area contributed by atoms with Crippen LogP contribution in [-0.4, -0.2) is 9.13 Å². The van der Waals surface area contributed by atoms with Crippen molar-refractivity contribution in [1.82, 2.24) is 9.13 Å². The van der Waals surface area contributed by atoms with Gasteiger partial charge in [-0.2, -0.15) is 10.5 Å². The van der Waals surface area contributed by atoms with Gasteiger partial charge in [0, 0.05) is 49.3 Å². The maximum absolute atomic E-state index is 10.7. The lowest BCUT2D eigenvalue weighted by Gasteiger charge is -2.17. The van der Waals surface area contributed by atoms with Crippen LogP contribution >= 0.6 is 0 Å². The van der Waals surface area contributed by atoms with Gasteiger partial charge in [0.1, 0.15) is 22.3 Å². The number of para-hydroxylation sites is 4. The van der Waals surface area contributed by atoms with Crippen molar-refractivity contribution in [1.29, 1.82) is 10.5 Å². The van der Waals surface area contributed by atoms with Crippen molar-refractivity contribution in [3.63, 3.8) is 0 Å². The van der Waals surface area contributed by atoms with Crippen molar-refractivity contribution in [2.75, 3.05) is 0 Å². The Morgan fingerprint density at radius 3 is 1.40 bits per heavy atom. The molecular formula is C56H30N4O2. The van der Waals surface area contributed by atoms with E-state index in [0.717, 1.165) is 121 Å². The Bertz CT molecular complexity index is 3920. The summed E-state index contributed by atoms with van der Waals surface area (Å²) in [6.45, 7) is 0. The van der Waals surface area contributed by atoms with Crippen molar-refractivity contribution in [2.24, 2.45) is 0 Å². The lowest BCUT2D eigenvalue weighted by molar-refractivity contribution is 0.672. The summed E-state index contributed by atoms with van der Waals surface area (Å²) >= 11 is 0. The third-order valence-corrected chi connectivity index (χ3v) is 12.6. The van der Waals surface area contributed by atoms with E-state index in [4.69, 9.17) is 8.83 Å². The average Bonchev–Trinajstić information content (AvgIpc) is 4.09. The van der Waals surface area contributed by atoms with Gasteiger partial charge in [-0.15, -0.1) is 0 Å². The number of nitriles is 2. The summed E-state index contributed by atoms with van der Waals surface area (Å²) in [5.74, 6) is 0. The molecule has 0 saturated heterocycles. The molecule has 0 saturated carbocycles. The van der Waals surface area contributed by atoms with Gasteiger partial charge in [-0.3, -0.25) is 0 Å². The standard InChI is InChI=1S/C56H30N4O2/c57-31-33-17-19-34(20-18-33)35-21-22-36(32-58)46(29-35)37-27-38(59-47-13-5-1-11-44(47)53-49(59)25-23-42-40-9-3-7-15-51(40)61-55(42)53)30-39(28-37)60-48-14-6-2-12-45(48)54-50(60)26-24-43-41-10-4-8-16-52(41)62-56(43)54/h1-30H. The van der Waals surface area contributed by atoms with Crippen LogP contribution < -0.4 is 0 Å². The first-order valence-corrected chi connectivity index (χ1v) is 20.5. The van der Waals surface area contributed by atoms with Gasteiger partial charge in [-0.05, 0) is 108 Å². The molecule has 13 rings (SSSR count). The summed E-state index contributed by atoms with van der Waals surface area (Å²) in [5.41, 5.74) is 14.1. The summed E-state index contributed by atoms with van der Waals surface area (Å²) in [4.78, 5) is 0. The molecule has 286 valence electrons. The van der Waals surface area contributed by atoms with Gasteiger partial charge in [0.05, 0.1) is 56.1 Å². The van der Waals surface area contributed by atoms with E-state index in [2.05, 4.69) is 143 Å². The molecule has 13 aromatic rings. The lowest BCUT2D eigenvalue weighted by Crippen LogP contribution is -2.00. The molecule has 4 aromatic heterocycles. The van der Waals surface area contributed by atoms with Gasteiger partial charge < -0.3 is 18.0 Å². The molecule has 6 nitrogen and oxygen atoms in total. The molecule has 0 N–H and O–H groups in total. The van der Waals surface area contributed by atoms with E-state index in [9.17, 15) is 10.5 Å². The van der Waals surface area contributed by atoms with Crippen LogP contribution in [0.15, 0.2) is 191 Å². The fraction of sp³-hybridized carbons (Fsp3) is 0. The summed E-state index contributed by atoms with van der Waals surface area (Å²) in [6, 6.07) is 67.1. The molecule has 0 aliphatic carbocycles. The Morgan fingerprint density at radius 1 is 0.371 bits per heavy atom. The molecule has 6 heteroatoms. The van der Waals surface area contributed by atoms with Gasteiger partial charge in [0.25, 0.3) is 0 Å². The van der Waals surface area contributed by atoms with Gasteiger partial charge in [0.15, 0.2) is 0 Å². The molecular weight excluding hydrogens is 761 g/mol. The van der Waals surface area contributed by atoms with Gasteiger partial charge in [0.2, 0.25) is 0 Å². The molecule has 0 bridgehead atoms. The van der Waals surface area contributed by atoms with E-state index in [1.165, 1.54) is 0 Å². The SMILES string of the molecule is N#Cc1ccc(-c2ccc(C#N)c(-c3cc(-n4c5ccccc5c5c6oc7ccccc7c6ccc54)cc(-n4c5ccccc5c5c6oc7ccccc7c6ccc54)c3)c2)cc1. The number of furan rings is 2. The Labute approximate surface area is 353 Å². The summed E-state index contributed by atoms with van der Waals surface area (Å²) in [6.07, 6.45) is 0. The van der Waals surface area contributed by atoms with E-state index in [1.807, 2.05) is 60.7 Å². The second-order valence-corrected chi connectivity index (χ2v) is 15.9. The minimum absolute atomic E-state index is 0.558. The molecule has 0 fully saturated rings. The zero-order valence-corrected chi connectivity index (χ0v) is 32.9. The van der Waals surface area contributed by atoms with Crippen LogP contribution in [0.1, 0.15) is 11.1 Å². The fourth-order valence-corrected chi connectivity index (χ4v) is 9.83. The number of fused-ring (bicyclic) bond motifs is 14. The molecule has 9 aromatic carbocycles. The zero-order valence-electron chi connectivity index (χ0n) is 32.9. The van der Waals surface area contributed by atoms with Crippen LogP contribution in [0.5, 0.6) is 0 Å². The smallest absolute Gasteiger partial charge is 0.145 e. The Morgan fingerprint density at radius 2 is 0.871 bits per heavy atom. The Hall–Kier alpha value is -8.84. The third-order valence-electron chi connectivity index (χ3n) is 12.6. The monoisotopic (exact) mass is 790 g/mol. The van der Waals surface area contributed by atoms with E-state index in [0.29, 0.717) is 11.1 Å². The zero-order chi connectivity index (χ0) is 41.1. The second kappa shape index (κ2) is 12.8. The van der Waals surface area contributed by atoms with Crippen molar-refractivity contribution in [3.05, 3.63) is 193 Å². The second-order valence-electron chi connectivity index (χ2n) is 15.9. The van der Waals surface area contributed by atoms with Crippen molar-refractivity contribution in [3.8, 4) is 45.8 Å². The Balaban J connectivity index is 1.15. The van der Waals surface area contributed by atoms with E-state index < -0.39 is 0 Å². The first-order chi connectivity index (χ1) is 30.6. The quantitative estimate of drug-likeness (QED) is 0.178. The third kappa shape index (κ3) is 4.78. The van der Waals surface area contributed by atoms with Crippen LogP contribution in [0.25, 0.3) is 121 Å². The predicted molar refractivity (Wildman–Crippen MR) is 250 cm³/mol. The number of hydrogen-bond donors (Lipinski definition) is 0. The van der Waals surface area contributed by atoms with Gasteiger partial charge >= 0.3 is 0 Å². The normalized spacial score (nSPS) is 11.8. The molecule has 0 spiro atoms. The molecule has 4 heterocycles. The Kier molecular flexibility index (Phi) is 7.05. The van der Waals surface area contributed by atoms with Crippen molar-refractivity contribution >= 4 is 87.5 Å².